The number of carbonyl (C=O) groups is 1. The smallest absolute Gasteiger partial charge is 0.228 e. The zero-order valence-electron chi connectivity index (χ0n) is 13.1. The van der Waals surface area contributed by atoms with Crippen molar-refractivity contribution >= 4 is 21.6 Å². The first-order valence-electron chi connectivity index (χ1n) is 8.00. The highest BCUT2D eigenvalue weighted by Crippen LogP contribution is 2.41. The number of anilines is 1. The summed E-state index contributed by atoms with van der Waals surface area (Å²) in [7, 11) is -2.98. The number of carbonyl (C=O) groups excluding carboxylic acids is 1. The van der Waals surface area contributed by atoms with Gasteiger partial charge >= 0.3 is 0 Å². The summed E-state index contributed by atoms with van der Waals surface area (Å²) >= 11 is 0. The maximum Gasteiger partial charge on any atom is 0.228 e. The van der Waals surface area contributed by atoms with E-state index in [1.54, 1.807) is 4.68 Å². The van der Waals surface area contributed by atoms with Gasteiger partial charge in [-0.25, -0.2) is 13.1 Å². The second kappa shape index (κ2) is 5.68. The van der Waals surface area contributed by atoms with Crippen molar-refractivity contribution in [2.24, 2.45) is 5.92 Å². The predicted molar refractivity (Wildman–Crippen MR) is 84.6 cm³/mol. The van der Waals surface area contributed by atoms with Gasteiger partial charge in [0.05, 0.1) is 23.2 Å². The molecule has 1 aliphatic carbocycles. The number of hydrogen-bond acceptors (Lipinski definition) is 4. The maximum absolute atomic E-state index is 12.2. The second-order valence-electron chi connectivity index (χ2n) is 6.53. The monoisotopic (exact) mass is 325 g/mol. The van der Waals surface area contributed by atoms with Crippen molar-refractivity contribution in [3.05, 3.63) is 11.8 Å². The maximum atomic E-state index is 12.2. The summed E-state index contributed by atoms with van der Waals surface area (Å²) in [4.78, 5) is 12.2. The topological polar surface area (TPSA) is 81.1 Å². The highest BCUT2D eigenvalue weighted by Gasteiger charge is 2.34. The Morgan fingerprint density at radius 3 is 2.73 bits per heavy atom. The Kier molecular flexibility index (Phi) is 4.01. The van der Waals surface area contributed by atoms with Crippen molar-refractivity contribution in [2.75, 3.05) is 16.8 Å². The van der Waals surface area contributed by atoms with Crippen LogP contribution < -0.4 is 5.32 Å². The van der Waals surface area contributed by atoms with Crippen LogP contribution in [0.4, 0.5) is 5.82 Å². The van der Waals surface area contributed by atoms with Crippen LogP contribution in [0.5, 0.6) is 0 Å². The molecule has 2 fully saturated rings. The summed E-state index contributed by atoms with van der Waals surface area (Å²) in [5, 5.41) is 7.53. The van der Waals surface area contributed by atoms with Crippen LogP contribution in [0.15, 0.2) is 6.07 Å². The predicted octanol–water partition coefficient (Wildman–Crippen LogP) is 2.10. The van der Waals surface area contributed by atoms with Crippen LogP contribution in [0.25, 0.3) is 0 Å². The van der Waals surface area contributed by atoms with E-state index in [4.69, 9.17) is 0 Å². The van der Waals surface area contributed by atoms with Crippen LogP contribution in [-0.2, 0) is 14.6 Å². The number of aromatic nitrogens is 2. The Morgan fingerprint density at radius 2 is 2.18 bits per heavy atom. The molecule has 1 aromatic rings. The molecule has 1 N–H and O–H groups in total. The van der Waals surface area contributed by atoms with Gasteiger partial charge in [-0.1, -0.05) is 13.8 Å². The second-order valence-corrected chi connectivity index (χ2v) is 8.76. The molecule has 1 saturated heterocycles. The Hall–Kier alpha value is -1.37. The van der Waals surface area contributed by atoms with E-state index in [9.17, 15) is 13.2 Å². The van der Waals surface area contributed by atoms with Gasteiger partial charge in [-0.05, 0) is 25.7 Å². The molecule has 1 amide bonds. The standard InChI is InChI=1S/C15H23N3O3S/c1-3-10(2)15(19)16-14-8-13(11-4-5-11)17-18(14)12-6-7-22(20,21)9-12/h8,10-12H,3-7,9H2,1-2H3,(H,16,19)/t10-,12+/m1/s1. The molecule has 7 heteroatoms. The summed E-state index contributed by atoms with van der Waals surface area (Å²) in [6, 6.07) is 1.76. The zero-order valence-corrected chi connectivity index (χ0v) is 13.9. The molecular formula is C15H23N3O3S. The third-order valence-electron chi connectivity index (χ3n) is 4.62. The summed E-state index contributed by atoms with van der Waals surface area (Å²) < 4.78 is 25.2. The minimum absolute atomic E-state index is 0.0353. The SMILES string of the molecule is CC[C@@H](C)C(=O)Nc1cc(C2CC2)nn1[C@H]1CCS(=O)(=O)C1. The number of nitrogens with one attached hydrogen (secondary N) is 1. The first kappa shape index (κ1) is 15.5. The van der Waals surface area contributed by atoms with E-state index < -0.39 is 9.84 Å². The molecule has 0 radical (unpaired) electrons. The van der Waals surface area contributed by atoms with E-state index in [1.165, 1.54) is 0 Å². The Labute approximate surface area is 131 Å². The Bertz CT molecular complexity index is 676. The third kappa shape index (κ3) is 3.19. The molecule has 3 rings (SSSR count). The van der Waals surface area contributed by atoms with Gasteiger partial charge in [0.25, 0.3) is 0 Å². The molecular weight excluding hydrogens is 302 g/mol. The molecule has 2 aliphatic rings. The zero-order chi connectivity index (χ0) is 15.9. The van der Waals surface area contributed by atoms with Crippen LogP contribution in [0.2, 0.25) is 0 Å². The van der Waals surface area contributed by atoms with Crippen molar-refractivity contribution in [2.45, 2.75) is 51.5 Å². The fraction of sp³-hybridized carbons (Fsp3) is 0.733. The average Bonchev–Trinajstić information content (AvgIpc) is 3.15. The number of rotatable bonds is 5. The van der Waals surface area contributed by atoms with Crippen LogP contribution in [0, 0.1) is 5.92 Å². The molecule has 2 heterocycles. The molecule has 22 heavy (non-hydrogen) atoms. The van der Waals surface area contributed by atoms with Gasteiger partial charge in [-0.15, -0.1) is 0 Å². The lowest BCUT2D eigenvalue weighted by atomic mass is 10.1. The lowest BCUT2D eigenvalue weighted by Crippen LogP contribution is -2.23. The number of amides is 1. The van der Waals surface area contributed by atoms with Gasteiger partial charge < -0.3 is 5.32 Å². The van der Waals surface area contributed by atoms with Crippen LogP contribution in [0.3, 0.4) is 0 Å². The van der Waals surface area contributed by atoms with Crippen molar-refractivity contribution in [3.8, 4) is 0 Å². The van der Waals surface area contributed by atoms with E-state index in [0.717, 1.165) is 25.0 Å². The summed E-state index contributed by atoms with van der Waals surface area (Å²) in [6.45, 7) is 3.86. The molecule has 122 valence electrons. The third-order valence-corrected chi connectivity index (χ3v) is 6.37. The summed E-state index contributed by atoms with van der Waals surface area (Å²) in [5.74, 6) is 1.33. The van der Waals surface area contributed by atoms with Crippen molar-refractivity contribution in [1.29, 1.82) is 0 Å². The lowest BCUT2D eigenvalue weighted by molar-refractivity contribution is -0.119. The van der Waals surface area contributed by atoms with E-state index in [-0.39, 0.29) is 29.4 Å². The number of nitrogens with zero attached hydrogens (tertiary/aromatic N) is 2. The van der Waals surface area contributed by atoms with Gasteiger partial charge in [0.2, 0.25) is 5.91 Å². The molecule has 0 bridgehead atoms. The molecule has 0 spiro atoms. The average molecular weight is 325 g/mol. The van der Waals surface area contributed by atoms with E-state index in [1.807, 2.05) is 19.9 Å². The van der Waals surface area contributed by atoms with E-state index in [2.05, 4.69) is 10.4 Å². The van der Waals surface area contributed by atoms with Crippen molar-refractivity contribution in [3.63, 3.8) is 0 Å². The Morgan fingerprint density at radius 1 is 1.45 bits per heavy atom. The molecule has 1 aromatic heterocycles. The first-order chi connectivity index (χ1) is 10.4. The quantitative estimate of drug-likeness (QED) is 0.899. The largest absolute Gasteiger partial charge is 0.311 e. The molecule has 1 saturated carbocycles. The fourth-order valence-electron chi connectivity index (χ4n) is 2.77. The number of sulfone groups is 1. The van der Waals surface area contributed by atoms with E-state index >= 15 is 0 Å². The van der Waals surface area contributed by atoms with Crippen molar-refractivity contribution in [1.82, 2.24) is 9.78 Å². The molecule has 0 aromatic carbocycles. The minimum Gasteiger partial charge on any atom is -0.311 e. The highest BCUT2D eigenvalue weighted by molar-refractivity contribution is 7.91. The fourth-order valence-corrected chi connectivity index (χ4v) is 4.46. The van der Waals surface area contributed by atoms with Gasteiger partial charge in [0, 0.05) is 17.9 Å². The molecule has 6 nitrogen and oxygen atoms in total. The van der Waals surface area contributed by atoms with Crippen LogP contribution in [0.1, 0.15) is 57.2 Å². The van der Waals surface area contributed by atoms with Gasteiger partial charge in [0.15, 0.2) is 9.84 Å². The summed E-state index contributed by atoms with van der Waals surface area (Å²) in [5.41, 5.74) is 0.976. The van der Waals surface area contributed by atoms with Gasteiger partial charge in [-0.3, -0.25) is 4.79 Å². The van der Waals surface area contributed by atoms with Gasteiger partial charge in [0.1, 0.15) is 5.82 Å². The Balaban J connectivity index is 1.86. The first-order valence-corrected chi connectivity index (χ1v) is 9.82. The minimum atomic E-state index is -2.98. The number of hydrogen-bond donors (Lipinski definition) is 1. The van der Waals surface area contributed by atoms with Crippen LogP contribution in [-0.4, -0.2) is 35.6 Å². The van der Waals surface area contributed by atoms with Crippen molar-refractivity contribution < 1.29 is 13.2 Å². The van der Waals surface area contributed by atoms with Gasteiger partial charge in [-0.2, -0.15) is 5.10 Å². The molecule has 0 unspecified atom stereocenters. The molecule has 2 atom stereocenters. The highest BCUT2D eigenvalue weighted by atomic mass is 32.2. The lowest BCUT2D eigenvalue weighted by Gasteiger charge is -2.15. The summed E-state index contributed by atoms with van der Waals surface area (Å²) in [6.07, 6.45) is 3.59. The van der Waals surface area contributed by atoms with E-state index in [0.29, 0.717) is 18.2 Å². The van der Waals surface area contributed by atoms with Crippen LogP contribution >= 0.6 is 0 Å². The molecule has 1 aliphatic heterocycles. The normalized spacial score (nSPS) is 25.1.